The highest BCUT2D eigenvalue weighted by atomic mass is 79.9. The van der Waals surface area contributed by atoms with Crippen molar-refractivity contribution in [2.75, 3.05) is 11.3 Å². The molecule has 0 bridgehead atoms. The van der Waals surface area contributed by atoms with Crippen LogP contribution in [0.5, 0.6) is 0 Å². The van der Waals surface area contributed by atoms with Crippen LogP contribution in [0, 0.1) is 0 Å². The van der Waals surface area contributed by atoms with E-state index in [0.717, 1.165) is 4.47 Å². The predicted molar refractivity (Wildman–Crippen MR) is 89.5 cm³/mol. The van der Waals surface area contributed by atoms with Crippen molar-refractivity contribution in [3.8, 4) is 0 Å². The number of rotatable bonds is 5. The average molecular weight is 401 g/mol. The smallest absolute Gasteiger partial charge is 0.236 e. The van der Waals surface area contributed by atoms with Crippen LogP contribution in [-0.4, -0.2) is 30.4 Å². The van der Waals surface area contributed by atoms with Gasteiger partial charge in [0, 0.05) is 23.1 Å². The summed E-state index contributed by atoms with van der Waals surface area (Å²) >= 11 is 3.33. The molecule has 0 spiro atoms. The Balaban J connectivity index is 1.69. The summed E-state index contributed by atoms with van der Waals surface area (Å²) in [6.45, 7) is 2.27. The Kier molecular flexibility index (Phi) is 4.69. The summed E-state index contributed by atoms with van der Waals surface area (Å²) in [5.41, 5.74) is 0.536. The third-order valence-electron chi connectivity index (χ3n) is 3.70. The topological polar surface area (TPSA) is 97.1 Å². The fourth-order valence-electron chi connectivity index (χ4n) is 2.48. The van der Waals surface area contributed by atoms with Crippen LogP contribution < -0.4 is 10.0 Å². The van der Waals surface area contributed by atoms with E-state index in [9.17, 15) is 8.42 Å². The van der Waals surface area contributed by atoms with Gasteiger partial charge in [0.15, 0.2) is 0 Å². The summed E-state index contributed by atoms with van der Waals surface area (Å²) in [6.07, 6.45) is 1.06. The molecule has 1 aliphatic heterocycles. The van der Waals surface area contributed by atoms with Gasteiger partial charge in [-0.05, 0) is 24.6 Å². The highest BCUT2D eigenvalue weighted by molar-refractivity contribution is 9.10. The third kappa shape index (κ3) is 3.73. The van der Waals surface area contributed by atoms with Gasteiger partial charge in [0.2, 0.25) is 21.8 Å². The summed E-state index contributed by atoms with van der Waals surface area (Å²) in [5.74, 6) is 1.00. The summed E-state index contributed by atoms with van der Waals surface area (Å²) in [4.78, 5) is 0. The molecule has 2 N–H and O–H groups in total. The number of aromatic nitrogens is 2. The zero-order valence-electron chi connectivity index (χ0n) is 12.5. The van der Waals surface area contributed by atoms with Gasteiger partial charge in [-0.25, -0.2) is 8.42 Å². The van der Waals surface area contributed by atoms with Crippen molar-refractivity contribution in [3.05, 3.63) is 40.5 Å². The molecule has 2 unspecified atom stereocenters. The minimum absolute atomic E-state index is 0.230. The van der Waals surface area contributed by atoms with Gasteiger partial charge in [-0.3, -0.25) is 4.72 Å². The molecule has 0 aliphatic carbocycles. The minimum atomic E-state index is -3.49. The first-order valence-electron chi connectivity index (χ1n) is 7.31. The lowest BCUT2D eigenvalue weighted by molar-refractivity contribution is 0.405. The molecule has 23 heavy (non-hydrogen) atoms. The van der Waals surface area contributed by atoms with Crippen LogP contribution in [0.2, 0.25) is 0 Å². The second-order valence-electron chi connectivity index (χ2n) is 5.36. The Morgan fingerprint density at radius 3 is 2.96 bits per heavy atom. The van der Waals surface area contributed by atoms with Crippen molar-refractivity contribution >= 4 is 31.6 Å². The zero-order valence-corrected chi connectivity index (χ0v) is 14.9. The number of nitrogens with zero attached hydrogens (tertiary/aromatic N) is 2. The van der Waals surface area contributed by atoms with Gasteiger partial charge in [-0.1, -0.05) is 28.9 Å². The molecule has 0 saturated carbocycles. The van der Waals surface area contributed by atoms with Crippen LogP contribution in [0.4, 0.5) is 5.69 Å². The van der Waals surface area contributed by atoms with Crippen molar-refractivity contribution in [3.63, 3.8) is 0 Å². The number of hydrogen-bond donors (Lipinski definition) is 2. The molecule has 1 aromatic carbocycles. The van der Waals surface area contributed by atoms with Crippen molar-refractivity contribution in [2.24, 2.45) is 0 Å². The van der Waals surface area contributed by atoms with Crippen LogP contribution in [0.15, 0.2) is 33.2 Å². The van der Waals surface area contributed by atoms with Gasteiger partial charge < -0.3 is 9.73 Å². The monoisotopic (exact) mass is 400 g/mol. The molecular weight excluding hydrogens is 384 g/mol. The zero-order chi connectivity index (χ0) is 16.4. The van der Waals surface area contributed by atoms with Crippen LogP contribution in [0.25, 0.3) is 0 Å². The predicted octanol–water partition coefficient (Wildman–Crippen LogP) is 2.24. The number of aryl methyl sites for hydroxylation is 1. The molecule has 1 fully saturated rings. The SMILES string of the molecule is CCc1nnc(C2CC(S(=O)(=O)Nc3cccc(Br)c3)CN2)o1. The first-order chi connectivity index (χ1) is 11.0. The largest absolute Gasteiger partial charge is 0.424 e. The van der Waals surface area contributed by atoms with Gasteiger partial charge >= 0.3 is 0 Å². The van der Waals surface area contributed by atoms with E-state index >= 15 is 0 Å². The second-order valence-corrected chi connectivity index (χ2v) is 8.24. The van der Waals surface area contributed by atoms with Crippen molar-refractivity contribution in [2.45, 2.75) is 31.1 Å². The number of sulfonamides is 1. The quantitative estimate of drug-likeness (QED) is 0.798. The average Bonchev–Trinajstić information content (AvgIpc) is 3.16. The van der Waals surface area contributed by atoms with Gasteiger partial charge in [-0.15, -0.1) is 10.2 Å². The lowest BCUT2D eigenvalue weighted by Gasteiger charge is -2.13. The number of halogens is 1. The molecule has 0 amide bonds. The van der Waals surface area contributed by atoms with E-state index in [1.54, 1.807) is 18.2 Å². The third-order valence-corrected chi connectivity index (χ3v) is 5.95. The maximum absolute atomic E-state index is 12.5. The van der Waals surface area contributed by atoms with Crippen molar-refractivity contribution in [1.29, 1.82) is 0 Å². The Morgan fingerprint density at radius 2 is 2.26 bits per heavy atom. The number of benzene rings is 1. The fourth-order valence-corrected chi connectivity index (χ4v) is 4.26. The normalized spacial score (nSPS) is 21.5. The molecule has 7 nitrogen and oxygen atoms in total. The van der Waals surface area contributed by atoms with E-state index in [-0.39, 0.29) is 6.04 Å². The second kappa shape index (κ2) is 6.58. The summed E-state index contributed by atoms with van der Waals surface area (Å²) in [6, 6.07) is 6.83. The minimum Gasteiger partial charge on any atom is -0.424 e. The first kappa shape index (κ1) is 16.4. The molecule has 9 heteroatoms. The molecule has 2 heterocycles. The van der Waals surface area contributed by atoms with E-state index in [4.69, 9.17) is 4.42 Å². The Labute approximate surface area is 143 Å². The first-order valence-corrected chi connectivity index (χ1v) is 9.64. The van der Waals surface area contributed by atoms with E-state index < -0.39 is 15.3 Å². The van der Waals surface area contributed by atoms with Gasteiger partial charge in [0.25, 0.3) is 0 Å². The number of anilines is 1. The Hall–Kier alpha value is -1.45. The van der Waals surface area contributed by atoms with Crippen LogP contribution in [-0.2, 0) is 16.4 Å². The molecule has 2 atom stereocenters. The highest BCUT2D eigenvalue weighted by Gasteiger charge is 2.37. The van der Waals surface area contributed by atoms with Crippen LogP contribution in [0.1, 0.15) is 31.2 Å². The number of nitrogens with one attached hydrogen (secondary N) is 2. The highest BCUT2D eigenvalue weighted by Crippen LogP contribution is 2.27. The molecule has 2 aromatic rings. The van der Waals surface area contributed by atoms with Crippen LogP contribution in [0.3, 0.4) is 0 Å². The molecule has 124 valence electrons. The molecule has 0 radical (unpaired) electrons. The maximum Gasteiger partial charge on any atom is 0.236 e. The number of hydrogen-bond acceptors (Lipinski definition) is 6. The standard InChI is InChI=1S/C14H17BrN4O3S/c1-2-13-17-18-14(22-13)12-7-11(8-16-12)23(20,21)19-10-5-3-4-9(15)6-10/h3-6,11-12,16,19H,2,7-8H2,1H3. The lowest BCUT2D eigenvalue weighted by atomic mass is 10.2. The van der Waals surface area contributed by atoms with E-state index in [1.165, 1.54) is 0 Å². The molecule has 1 aliphatic rings. The Bertz CT molecular complexity index is 793. The fraction of sp³-hybridized carbons (Fsp3) is 0.429. The Morgan fingerprint density at radius 1 is 1.43 bits per heavy atom. The molecule has 1 aromatic heterocycles. The molecular formula is C14H17BrN4O3S. The van der Waals surface area contributed by atoms with Gasteiger partial charge in [0.05, 0.1) is 11.3 Å². The van der Waals surface area contributed by atoms with Crippen LogP contribution >= 0.6 is 15.9 Å². The molecule has 1 saturated heterocycles. The van der Waals surface area contributed by atoms with E-state index in [1.807, 2.05) is 13.0 Å². The van der Waals surface area contributed by atoms with E-state index in [0.29, 0.717) is 36.9 Å². The van der Waals surface area contributed by atoms with Crippen molar-refractivity contribution in [1.82, 2.24) is 15.5 Å². The molecule has 3 rings (SSSR count). The maximum atomic E-state index is 12.5. The summed E-state index contributed by atoms with van der Waals surface area (Å²) in [5, 5.41) is 10.5. The van der Waals surface area contributed by atoms with Gasteiger partial charge in [-0.2, -0.15) is 0 Å². The summed E-state index contributed by atoms with van der Waals surface area (Å²) in [7, 11) is -3.49. The van der Waals surface area contributed by atoms with E-state index in [2.05, 4.69) is 36.2 Å². The van der Waals surface area contributed by atoms with Gasteiger partial charge in [0.1, 0.15) is 0 Å². The lowest BCUT2D eigenvalue weighted by Crippen LogP contribution is -2.29. The van der Waals surface area contributed by atoms with Crippen molar-refractivity contribution < 1.29 is 12.8 Å². The summed E-state index contributed by atoms with van der Waals surface area (Å²) < 4.78 is 34.0.